The average Bonchev–Trinajstić information content (AvgIpc) is 4.05. The first-order chi connectivity index (χ1) is 30.9. The third-order valence-electron chi connectivity index (χ3n) is 9.79. The Morgan fingerprint density at radius 3 is 2.49 bits per heavy atom. The summed E-state index contributed by atoms with van der Waals surface area (Å²) >= 11 is 0. The third kappa shape index (κ3) is 11.0. The van der Waals surface area contributed by atoms with Gasteiger partial charge in [-0.05, 0) is 36.8 Å². The molecule has 1 aromatic carbocycles. The molecule has 2 fully saturated rings. The van der Waals surface area contributed by atoms with Gasteiger partial charge < -0.3 is 55.2 Å². The summed E-state index contributed by atoms with van der Waals surface area (Å²) in [7, 11) is -10.4. The molecule has 9 N–H and O–H groups in total. The average molecular weight is 944 g/mol. The van der Waals surface area contributed by atoms with Crippen LogP contribution in [0, 0.1) is 11.3 Å². The molecule has 2 aliphatic heterocycles. The van der Waals surface area contributed by atoms with Crippen LogP contribution in [0.25, 0.3) is 22.5 Å². The number of hydrogen-bond acceptors (Lipinski definition) is 21. The van der Waals surface area contributed by atoms with Crippen molar-refractivity contribution in [1.82, 2.24) is 39.4 Å². The van der Waals surface area contributed by atoms with Gasteiger partial charge in [0, 0.05) is 24.6 Å². The predicted octanol–water partition coefficient (Wildman–Crippen LogP) is 0.740. The number of anilines is 2. The van der Waals surface area contributed by atoms with Gasteiger partial charge in [0.05, 0.1) is 37.7 Å². The topological polar surface area (TPSA) is 397 Å². The van der Waals surface area contributed by atoms with Gasteiger partial charge in [-0.25, -0.2) is 38.7 Å². The molecule has 0 aliphatic carbocycles. The third-order valence-corrected chi connectivity index (χ3v) is 11.3. The monoisotopic (exact) mass is 943 g/mol. The standard InChI is InChI=1S/C36H39N11O16P2/c1-2-3-4-24(48)40-13-25-45-27(30(61-25)19-7-5-18(12-37)6-8-19)35(50)62-31-22(60-34(29(31)49)47-17-43-28-32(39)41-16-42-33(28)47)15-58-65(55,56)63-20-11-26(46-10-9-23(38)44-36(46)51)59-21(20)14-57-64(52,53)54/h2,5-10,16-17,20-22,26,29,31,34,49H,1,3-4,11,13-15H2,(H,40,48)(H,55,56)(H2,38,44,51)(H2,39,41,42)(H2,52,53,54)/t20-,21-,22-,26-,29+,31+,34-/m1/s1. The Hall–Kier alpha value is -6.27. The SMILES string of the molecule is C=CCCC(=O)NCc1nc(C(=O)O[C@@H]2[C@H](O)[C@H](n3cnc4c(N)ncnc43)O[C@@H]2COP(=O)(O)O[C@@H]2C[C@H](n3ccc(N)nc3=O)O[C@@H]2COP(=O)(O)O)c(-c2ccc(C#N)cc2)o1. The van der Waals surface area contributed by atoms with Gasteiger partial charge in [-0.2, -0.15) is 10.2 Å². The molecule has 27 nitrogen and oxygen atoms in total. The number of oxazole rings is 1. The van der Waals surface area contributed by atoms with Crippen LogP contribution in [0.3, 0.4) is 0 Å². The van der Waals surface area contributed by atoms with E-state index >= 15 is 0 Å². The van der Waals surface area contributed by atoms with E-state index in [2.05, 4.69) is 41.3 Å². The molecule has 29 heteroatoms. The lowest BCUT2D eigenvalue weighted by Crippen LogP contribution is -2.38. The van der Waals surface area contributed by atoms with E-state index in [9.17, 15) is 48.6 Å². The molecule has 344 valence electrons. The molecule has 0 spiro atoms. The number of nitrogen functional groups attached to an aromatic ring is 2. The number of nitriles is 1. The number of nitrogens with two attached hydrogens (primary N) is 2. The molecule has 5 aromatic rings. The van der Waals surface area contributed by atoms with Crippen molar-refractivity contribution in [2.75, 3.05) is 24.7 Å². The van der Waals surface area contributed by atoms with E-state index in [1.165, 1.54) is 47.4 Å². The van der Waals surface area contributed by atoms with Gasteiger partial charge in [-0.1, -0.05) is 6.08 Å². The van der Waals surface area contributed by atoms with Crippen LogP contribution in [-0.4, -0.2) is 109 Å². The Morgan fingerprint density at radius 2 is 1.78 bits per heavy atom. The molecule has 0 bridgehead atoms. The number of hydrogen-bond donors (Lipinski definition) is 7. The minimum Gasteiger partial charge on any atom is -0.452 e. The summed E-state index contributed by atoms with van der Waals surface area (Å²) in [6.45, 7) is 1.53. The lowest BCUT2D eigenvalue weighted by Gasteiger charge is -2.23. The zero-order chi connectivity index (χ0) is 46.6. The van der Waals surface area contributed by atoms with Crippen LogP contribution in [0.4, 0.5) is 11.6 Å². The summed E-state index contributed by atoms with van der Waals surface area (Å²) in [4.78, 5) is 88.8. The van der Waals surface area contributed by atoms with Crippen molar-refractivity contribution in [3.63, 3.8) is 0 Å². The highest BCUT2D eigenvalue weighted by atomic mass is 31.2. The van der Waals surface area contributed by atoms with Crippen molar-refractivity contribution in [2.24, 2.45) is 0 Å². The van der Waals surface area contributed by atoms with Crippen LogP contribution in [-0.2, 0) is 48.3 Å². The number of nitrogens with zero attached hydrogens (tertiary/aromatic N) is 8. The highest BCUT2D eigenvalue weighted by molar-refractivity contribution is 7.47. The maximum atomic E-state index is 14.1. The van der Waals surface area contributed by atoms with E-state index in [4.69, 9.17) is 39.1 Å². The second-order valence-corrected chi connectivity index (χ2v) is 16.8. The van der Waals surface area contributed by atoms with Crippen molar-refractivity contribution in [3.05, 3.63) is 89.5 Å². The number of ether oxygens (including phenoxy) is 3. The zero-order valence-corrected chi connectivity index (χ0v) is 35.3. The first kappa shape index (κ1) is 46.7. The maximum absolute atomic E-state index is 14.1. The van der Waals surface area contributed by atoms with Crippen molar-refractivity contribution < 1.29 is 70.7 Å². The maximum Gasteiger partial charge on any atom is 0.472 e. The lowest BCUT2D eigenvalue weighted by molar-refractivity contribution is -0.121. The Morgan fingerprint density at radius 1 is 1.03 bits per heavy atom. The van der Waals surface area contributed by atoms with Crippen LogP contribution in [0.2, 0.25) is 0 Å². The van der Waals surface area contributed by atoms with E-state index in [0.29, 0.717) is 6.42 Å². The molecule has 4 aromatic heterocycles. The van der Waals surface area contributed by atoms with E-state index in [-0.39, 0.29) is 70.9 Å². The Balaban J connectivity index is 1.15. The summed E-state index contributed by atoms with van der Waals surface area (Å²) in [6.07, 6.45) is -5.55. The summed E-state index contributed by atoms with van der Waals surface area (Å²) in [5, 5.41) is 23.7. The van der Waals surface area contributed by atoms with Gasteiger partial charge in [0.1, 0.15) is 48.3 Å². The number of benzene rings is 1. The molecule has 0 radical (unpaired) electrons. The van der Waals surface area contributed by atoms with Crippen LogP contribution in [0.5, 0.6) is 0 Å². The van der Waals surface area contributed by atoms with E-state index in [0.717, 1.165) is 10.9 Å². The molecule has 8 atom stereocenters. The summed E-state index contributed by atoms with van der Waals surface area (Å²) in [6, 6.07) is 9.11. The number of rotatable bonds is 18. The van der Waals surface area contributed by atoms with Gasteiger partial charge in [-0.3, -0.25) is 27.5 Å². The number of allylic oxidation sites excluding steroid dienone is 1. The number of aromatic nitrogens is 7. The molecule has 1 amide bonds. The quantitative estimate of drug-likeness (QED) is 0.0362. The summed E-state index contributed by atoms with van der Waals surface area (Å²) in [5.41, 5.74) is 11.0. The van der Waals surface area contributed by atoms with Gasteiger partial charge >= 0.3 is 27.3 Å². The number of phosphoric ester groups is 2. The number of carbonyl (C=O) groups excluding carboxylic acids is 2. The van der Waals surface area contributed by atoms with Crippen molar-refractivity contribution >= 4 is 50.3 Å². The number of aliphatic hydroxyl groups is 1. The predicted molar refractivity (Wildman–Crippen MR) is 217 cm³/mol. The summed E-state index contributed by atoms with van der Waals surface area (Å²) in [5.74, 6) is -1.96. The largest absolute Gasteiger partial charge is 0.472 e. The van der Waals surface area contributed by atoms with Crippen LogP contribution in [0.1, 0.15) is 53.7 Å². The second kappa shape index (κ2) is 19.5. The normalized spacial score (nSPS) is 22.9. The molecule has 0 saturated carbocycles. The lowest BCUT2D eigenvalue weighted by atomic mass is 10.1. The second-order valence-electron chi connectivity index (χ2n) is 14.2. The number of aliphatic hydroxyl groups excluding tert-OH is 1. The van der Waals surface area contributed by atoms with Crippen LogP contribution >= 0.6 is 15.6 Å². The molecule has 65 heavy (non-hydrogen) atoms. The number of fused-ring (bicyclic) bond motifs is 1. The van der Waals surface area contributed by atoms with Crippen molar-refractivity contribution in [2.45, 2.75) is 68.8 Å². The fourth-order valence-corrected chi connectivity index (χ4v) is 8.05. The van der Waals surface area contributed by atoms with Gasteiger partial charge in [0.25, 0.3) is 0 Å². The van der Waals surface area contributed by atoms with E-state index < -0.39 is 89.2 Å². The molecular weight excluding hydrogens is 904 g/mol. The van der Waals surface area contributed by atoms with Crippen LogP contribution in [0.15, 0.2) is 71.0 Å². The van der Waals surface area contributed by atoms with E-state index in [1.54, 1.807) is 6.08 Å². The van der Waals surface area contributed by atoms with E-state index in [1.807, 2.05) is 6.07 Å². The Kier molecular flexibility index (Phi) is 14.0. The first-order valence-electron chi connectivity index (χ1n) is 19.1. The van der Waals surface area contributed by atoms with Gasteiger partial charge in [0.15, 0.2) is 35.3 Å². The fourth-order valence-electron chi connectivity index (χ4n) is 6.75. The Labute approximate surface area is 365 Å². The molecular formula is C36H39N11O16P2. The molecule has 2 saturated heterocycles. The molecule has 7 rings (SSSR count). The number of phosphoric acid groups is 2. The Bertz CT molecular complexity index is 2770. The highest BCUT2D eigenvalue weighted by Crippen LogP contribution is 2.50. The molecule has 2 aliphatic rings. The fraction of sp³-hybridized carbons (Fsp3) is 0.361. The smallest absolute Gasteiger partial charge is 0.452 e. The van der Waals surface area contributed by atoms with Gasteiger partial charge in [0.2, 0.25) is 11.8 Å². The minimum atomic E-state index is -5.27. The number of nitrogens with one attached hydrogen (secondary N) is 1. The minimum absolute atomic E-state index is 0.0170. The first-order valence-corrected chi connectivity index (χ1v) is 22.2. The highest BCUT2D eigenvalue weighted by Gasteiger charge is 2.50. The number of carbonyl (C=O) groups is 2. The zero-order valence-electron chi connectivity index (χ0n) is 33.5. The van der Waals surface area contributed by atoms with Crippen LogP contribution < -0.4 is 22.5 Å². The molecule has 6 heterocycles. The number of esters is 1. The van der Waals surface area contributed by atoms with Crippen molar-refractivity contribution in [3.8, 4) is 17.4 Å². The summed E-state index contributed by atoms with van der Waals surface area (Å²) < 4.78 is 66.2. The molecule has 1 unspecified atom stereocenters. The number of amides is 1. The number of imidazole rings is 1. The van der Waals surface area contributed by atoms with Gasteiger partial charge in [-0.15, -0.1) is 6.58 Å². The van der Waals surface area contributed by atoms with Crippen molar-refractivity contribution in [1.29, 1.82) is 5.26 Å².